The van der Waals surface area contributed by atoms with E-state index in [0.717, 1.165) is 23.7 Å². The van der Waals surface area contributed by atoms with E-state index in [2.05, 4.69) is 10.2 Å². The van der Waals surface area contributed by atoms with Crippen molar-refractivity contribution in [1.29, 1.82) is 0 Å². The van der Waals surface area contributed by atoms with E-state index in [9.17, 15) is 9.59 Å². The molecule has 3 rings (SSSR count). The SMILES string of the molecule is COC(=O)[C@H]1CCCN(C(=O)c2ccc3[nH]ncc3c2)C1. The summed E-state index contributed by atoms with van der Waals surface area (Å²) < 4.78 is 4.78. The lowest BCUT2D eigenvalue weighted by molar-refractivity contribution is -0.146. The third kappa shape index (κ3) is 2.61. The number of nitrogens with one attached hydrogen (secondary N) is 1. The van der Waals surface area contributed by atoms with Crippen molar-refractivity contribution in [1.82, 2.24) is 15.1 Å². The smallest absolute Gasteiger partial charge is 0.310 e. The molecule has 0 aliphatic carbocycles. The Balaban J connectivity index is 1.78. The number of hydrogen-bond acceptors (Lipinski definition) is 4. The van der Waals surface area contributed by atoms with Crippen molar-refractivity contribution in [3.63, 3.8) is 0 Å². The van der Waals surface area contributed by atoms with Gasteiger partial charge >= 0.3 is 5.97 Å². The Kier molecular flexibility index (Phi) is 3.60. The van der Waals surface area contributed by atoms with Crippen LogP contribution in [-0.4, -0.2) is 47.2 Å². The van der Waals surface area contributed by atoms with Crippen LogP contribution in [0.4, 0.5) is 0 Å². The first kappa shape index (κ1) is 13.6. The molecule has 1 aliphatic rings. The van der Waals surface area contributed by atoms with Crippen LogP contribution in [0, 0.1) is 5.92 Å². The lowest BCUT2D eigenvalue weighted by Crippen LogP contribution is -2.42. The van der Waals surface area contributed by atoms with Gasteiger partial charge in [0.2, 0.25) is 0 Å². The van der Waals surface area contributed by atoms with E-state index in [1.54, 1.807) is 17.2 Å². The van der Waals surface area contributed by atoms with E-state index >= 15 is 0 Å². The summed E-state index contributed by atoms with van der Waals surface area (Å²) in [5.74, 6) is -0.505. The van der Waals surface area contributed by atoms with E-state index in [1.807, 2.05) is 12.1 Å². The molecule has 0 radical (unpaired) electrons. The van der Waals surface area contributed by atoms with Crippen molar-refractivity contribution in [2.24, 2.45) is 5.92 Å². The summed E-state index contributed by atoms with van der Waals surface area (Å²) in [6.45, 7) is 1.10. The van der Waals surface area contributed by atoms with E-state index in [-0.39, 0.29) is 17.8 Å². The molecule has 0 unspecified atom stereocenters. The summed E-state index contributed by atoms with van der Waals surface area (Å²) >= 11 is 0. The lowest BCUT2D eigenvalue weighted by Gasteiger charge is -2.31. The standard InChI is InChI=1S/C15H17N3O3/c1-21-15(20)11-3-2-6-18(9-11)14(19)10-4-5-13-12(7-10)8-16-17-13/h4-5,7-8,11H,2-3,6,9H2,1H3,(H,16,17)/t11-/m0/s1. The van der Waals surface area contributed by atoms with Crippen LogP contribution in [0.3, 0.4) is 0 Å². The number of rotatable bonds is 2. The van der Waals surface area contributed by atoms with Crippen molar-refractivity contribution in [3.05, 3.63) is 30.0 Å². The van der Waals surface area contributed by atoms with Crippen LogP contribution >= 0.6 is 0 Å². The highest BCUT2D eigenvalue weighted by molar-refractivity contribution is 5.98. The minimum atomic E-state index is -0.238. The molecule has 1 aromatic carbocycles. The van der Waals surface area contributed by atoms with Gasteiger partial charge in [0.15, 0.2) is 0 Å². The van der Waals surface area contributed by atoms with Gasteiger partial charge in [-0.1, -0.05) is 0 Å². The molecule has 1 fully saturated rings. The molecule has 1 aromatic heterocycles. The van der Waals surface area contributed by atoms with Gasteiger partial charge in [0.05, 0.1) is 24.7 Å². The monoisotopic (exact) mass is 287 g/mol. The number of amides is 1. The number of carbonyl (C=O) groups excluding carboxylic acids is 2. The maximum Gasteiger partial charge on any atom is 0.310 e. The first-order valence-electron chi connectivity index (χ1n) is 6.99. The van der Waals surface area contributed by atoms with Gasteiger partial charge in [0, 0.05) is 24.0 Å². The summed E-state index contributed by atoms with van der Waals surface area (Å²) in [6, 6.07) is 5.45. The van der Waals surface area contributed by atoms with E-state index < -0.39 is 0 Å². The third-order valence-corrected chi connectivity index (χ3v) is 3.93. The van der Waals surface area contributed by atoms with Crippen LogP contribution < -0.4 is 0 Å². The number of likely N-dealkylation sites (tertiary alicyclic amines) is 1. The molecule has 2 heterocycles. The highest BCUT2D eigenvalue weighted by Gasteiger charge is 2.29. The van der Waals surface area contributed by atoms with E-state index in [1.165, 1.54) is 7.11 Å². The Morgan fingerprint density at radius 1 is 1.43 bits per heavy atom. The van der Waals surface area contributed by atoms with Crippen molar-refractivity contribution in [3.8, 4) is 0 Å². The molecular formula is C15H17N3O3. The first-order valence-corrected chi connectivity index (χ1v) is 6.99. The van der Waals surface area contributed by atoms with Gasteiger partial charge in [-0.05, 0) is 31.0 Å². The van der Waals surface area contributed by atoms with Crippen LogP contribution in [0.15, 0.2) is 24.4 Å². The molecule has 1 aliphatic heterocycles. The molecule has 1 N–H and O–H groups in total. The molecule has 6 nitrogen and oxygen atoms in total. The van der Waals surface area contributed by atoms with Crippen LogP contribution in [0.2, 0.25) is 0 Å². The van der Waals surface area contributed by atoms with Gasteiger partial charge in [-0.3, -0.25) is 14.7 Å². The summed E-state index contributed by atoms with van der Waals surface area (Å²) in [7, 11) is 1.38. The second-order valence-corrected chi connectivity index (χ2v) is 5.29. The summed E-state index contributed by atoms with van der Waals surface area (Å²) in [5, 5.41) is 7.71. The van der Waals surface area contributed by atoms with Crippen molar-refractivity contribution in [2.75, 3.05) is 20.2 Å². The maximum atomic E-state index is 12.6. The third-order valence-electron chi connectivity index (χ3n) is 3.93. The number of nitrogens with zero attached hydrogens (tertiary/aromatic N) is 2. The number of methoxy groups -OCH3 is 1. The normalized spacial score (nSPS) is 18.7. The average Bonchev–Trinajstić information content (AvgIpc) is 3.01. The molecule has 1 saturated heterocycles. The van der Waals surface area contributed by atoms with Gasteiger partial charge in [0.25, 0.3) is 5.91 Å². The van der Waals surface area contributed by atoms with Crippen molar-refractivity contribution < 1.29 is 14.3 Å². The molecule has 2 aromatic rings. The molecular weight excluding hydrogens is 270 g/mol. The quantitative estimate of drug-likeness (QED) is 0.851. The fourth-order valence-electron chi connectivity index (χ4n) is 2.78. The Bertz CT molecular complexity index is 680. The fraction of sp³-hybridized carbons (Fsp3) is 0.400. The van der Waals surface area contributed by atoms with Gasteiger partial charge < -0.3 is 9.64 Å². The number of carbonyl (C=O) groups is 2. The van der Waals surface area contributed by atoms with Crippen LogP contribution in [-0.2, 0) is 9.53 Å². The van der Waals surface area contributed by atoms with E-state index in [0.29, 0.717) is 18.7 Å². The molecule has 6 heteroatoms. The number of H-pyrrole nitrogens is 1. The summed E-state index contributed by atoms with van der Waals surface area (Å²) in [6.07, 6.45) is 3.29. The van der Waals surface area contributed by atoms with Crippen LogP contribution in [0.1, 0.15) is 23.2 Å². The number of benzene rings is 1. The predicted molar refractivity (Wildman–Crippen MR) is 76.7 cm³/mol. The molecule has 1 atom stereocenters. The molecule has 0 spiro atoms. The number of esters is 1. The number of ether oxygens (including phenoxy) is 1. The number of piperidine rings is 1. The highest BCUT2D eigenvalue weighted by atomic mass is 16.5. The van der Waals surface area contributed by atoms with Gasteiger partial charge in [0.1, 0.15) is 0 Å². The molecule has 0 saturated carbocycles. The van der Waals surface area contributed by atoms with Gasteiger partial charge in [-0.25, -0.2) is 0 Å². The van der Waals surface area contributed by atoms with E-state index in [4.69, 9.17) is 4.74 Å². The maximum absolute atomic E-state index is 12.6. The predicted octanol–water partition coefficient (Wildman–Crippen LogP) is 1.59. The molecule has 0 bridgehead atoms. The number of aromatic nitrogens is 2. The molecule has 21 heavy (non-hydrogen) atoms. The lowest BCUT2D eigenvalue weighted by atomic mass is 9.97. The van der Waals surface area contributed by atoms with Crippen molar-refractivity contribution >= 4 is 22.8 Å². The zero-order valence-electron chi connectivity index (χ0n) is 11.8. The molecule has 1 amide bonds. The Morgan fingerprint density at radius 2 is 2.29 bits per heavy atom. The minimum absolute atomic E-state index is 0.0493. The fourth-order valence-corrected chi connectivity index (χ4v) is 2.78. The minimum Gasteiger partial charge on any atom is -0.469 e. The Labute approximate surface area is 122 Å². The largest absolute Gasteiger partial charge is 0.469 e. The second kappa shape index (κ2) is 5.55. The Morgan fingerprint density at radius 3 is 3.10 bits per heavy atom. The average molecular weight is 287 g/mol. The van der Waals surface area contributed by atoms with Crippen LogP contribution in [0.25, 0.3) is 10.9 Å². The first-order chi connectivity index (χ1) is 10.2. The van der Waals surface area contributed by atoms with Gasteiger partial charge in [-0.2, -0.15) is 5.10 Å². The number of aromatic amines is 1. The van der Waals surface area contributed by atoms with Crippen molar-refractivity contribution in [2.45, 2.75) is 12.8 Å². The Hall–Kier alpha value is -2.37. The summed E-state index contributed by atoms with van der Waals surface area (Å²) in [5.41, 5.74) is 1.52. The second-order valence-electron chi connectivity index (χ2n) is 5.29. The zero-order valence-corrected chi connectivity index (χ0v) is 11.8. The zero-order chi connectivity index (χ0) is 14.8. The number of fused-ring (bicyclic) bond motifs is 1. The topological polar surface area (TPSA) is 75.3 Å². The highest BCUT2D eigenvalue weighted by Crippen LogP contribution is 2.21. The molecule has 110 valence electrons. The summed E-state index contributed by atoms with van der Waals surface area (Å²) in [4.78, 5) is 25.9. The number of hydrogen-bond donors (Lipinski definition) is 1. The van der Waals surface area contributed by atoms with Crippen LogP contribution in [0.5, 0.6) is 0 Å². The van der Waals surface area contributed by atoms with Gasteiger partial charge in [-0.15, -0.1) is 0 Å².